The summed E-state index contributed by atoms with van der Waals surface area (Å²) in [5, 5.41) is 0. The molecule has 0 amide bonds. The molecule has 0 N–H and O–H groups in total. The first kappa shape index (κ1) is 24.1. The van der Waals surface area contributed by atoms with Crippen LogP contribution in [-0.2, 0) is 28.6 Å². The van der Waals surface area contributed by atoms with Crippen LogP contribution in [0.1, 0.15) is 48.6 Å². The van der Waals surface area contributed by atoms with E-state index in [1.165, 1.54) is 24.3 Å². The van der Waals surface area contributed by atoms with Gasteiger partial charge in [0.2, 0.25) is 0 Å². The summed E-state index contributed by atoms with van der Waals surface area (Å²) >= 11 is 0. The molecule has 0 unspecified atom stereocenters. The van der Waals surface area contributed by atoms with Gasteiger partial charge in [-0.2, -0.15) is 16.8 Å². The lowest BCUT2D eigenvalue weighted by molar-refractivity contribution is 0.218. The summed E-state index contributed by atoms with van der Waals surface area (Å²) in [5.41, 5.74) is 2.53. The Kier molecular flexibility index (Phi) is 7.14. The summed E-state index contributed by atoms with van der Waals surface area (Å²) in [4.78, 5) is 4.47. The van der Waals surface area contributed by atoms with Gasteiger partial charge in [0, 0.05) is 0 Å². The Labute approximate surface area is 189 Å². The molecule has 0 aliphatic rings. The number of aromatic nitrogens is 1. The van der Waals surface area contributed by atoms with Gasteiger partial charge in [-0.15, -0.1) is 0 Å². The maximum Gasteiger partial charge on any atom is 0.297 e. The molecule has 1 heterocycles. The SMILES string of the molecule is Cc1ccc(S(=O)(=O)O[C@H](C)c2cccc([C@@H](C)OS(=O)(=O)c3ccc(C)cc3)n2)cc1. The lowest BCUT2D eigenvalue weighted by Gasteiger charge is -2.16. The molecule has 3 aromatic rings. The fourth-order valence-corrected chi connectivity index (χ4v) is 5.04. The average Bonchev–Trinajstić information content (AvgIpc) is 2.74. The smallest absolute Gasteiger partial charge is 0.257 e. The Morgan fingerprint density at radius 2 is 0.969 bits per heavy atom. The van der Waals surface area contributed by atoms with Crippen molar-refractivity contribution in [3.63, 3.8) is 0 Å². The van der Waals surface area contributed by atoms with E-state index in [0.29, 0.717) is 11.4 Å². The van der Waals surface area contributed by atoms with Gasteiger partial charge in [0.25, 0.3) is 20.2 Å². The van der Waals surface area contributed by atoms with Gasteiger partial charge in [-0.3, -0.25) is 13.4 Å². The van der Waals surface area contributed by atoms with Crippen LogP contribution in [0.4, 0.5) is 0 Å². The zero-order valence-electron chi connectivity index (χ0n) is 18.2. The highest BCUT2D eigenvalue weighted by Crippen LogP contribution is 2.26. The second-order valence-corrected chi connectivity index (χ2v) is 10.6. The molecule has 0 aliphatic heterocycles. The molecule has 0 fully saturated rings. The quantitative estimate of drug-likeness (QED) is 0.438. The number of hydrogen-bond donors (Lipinski definition) is 0. The molecule has 2 atom stereocenters. The minimum atomic E-state index is -3.99. The third-order valence-corrected chi connectivity index (χ3v) is 7.57. The van der Waals surface area contributed by atoms with E-state index in [2.05, 4.69) is 4.98 Å². The van der Waals surface area contributed by atoms with Gasteiger partial charge < -0.3 is 0 Å². The zero-order chi connectivity index (χ0) is 23.5. The standard InChI is InChI=1S/C23H25NO6S2/c1-16-8-12-20(13-9-16)31(25,26)29-18(3)22-6-5-7-23(24-22)19(4)30-32(27,28)21-14-10-17(2)11-15-21/h5-15,18-19H,1-4H3/t18-,19-/m1/s1. The fourth-order valence-electron chi connectivity index (χ4n) is 2.92. The van der Waals surface area contributed by atoms with Gasteiger partial charge in [0.05, 0.1) is 21.2 Å². The van der Waals surface area contributed by atoms with Gasteiger partial charge in [-0.25, -0.2) is 0 Å². The fraction of sp³-hybridized carbons (Fsp3) is 0.261. The van der Waals surface area contributed by atoms with E-state index in [1.807, 2.05) is 13.8 Å². The minimum Gasteiger partial charge on any atom is -0.257 e. The second kappa shape index (κ2) is 9.50. The van der Waals surface area contributed by atoms with Gasteiger partial charge in [0.1, 0.15) is 12.2 Å². The van der Waals surface area contributed by atoms with Crippen LogP contribution >= 0.6 is 0 Å². The highest BCUT2D eigenvalue weighted by Gasteiger charge is 2.24. The van der Waals surface area contributed by atoms with Crippen molar-refractivity contribution in [2.45, 2.75) is 49.7 Å². The van der Waals surface area contributed by atoms with Gasteiger partial charge >= 0.3 is 0 Å². The summed E-state index contributed by atoms with van der Waals surface area (Å²) in [6, 6.07) is 17.5. The van der Waals surface area contributed by atoms with Crippen LogP contribution in [0.15, 0.2) is 76.5 Å². The first-order valence-electron chi connectivity index (χ1n) is 9.95. The van der Waals surface area contributed by atoms with E-state index in [4.69, 9.17) is 8.37 Å². The molecular formula is C23H25NO6S2. The maximum atomic E-state index is 12.6. The number of rotatable bonds is 8. The first-order chi connectivity index (χ1) is 15.0. The number of aryl methyl sites for hydroxylation is 2. The number of hydrogen-bond acceptors (Lipinski definition) is 7. The predicted octanol–water partition coefficient (Wildman–Crippen LogP) is 4.63. The molecule has 0 bridgehead atoms. The van der Waals surface area contributed by atoms with Crippen molar-refractivity contribution in [2.75, 3.05) is 0 Å². The summed E-state index contributed by atoms with van der Waals surface area (Å²) in [6.45, 7) is 6.84. The van der Waals surface area contributed by atoms with E-state index >= 15 is 0 Å². The molecule has 0 aliphatic carbocycles. The Morgan fingerprint density at radius 1 is 0.625 bits per heavy atom. The molecule has 1 aromatic heterocycles. The molecule has 9 heteroatoms. The number of pyridine rings is 1. The third kappa shape index (κ3) is 5.80. The Balaban J connectivity index is 1.76. The van der Waals surface area contributed by atoms with Crippen molar-refractivity contribution in [1.82, 2.24) is 4.98 Å². The minimum absolute atomic E-state index is 0.0481. The largest absolute Gasteiger partial charge is 0.297 e. The van der Waals surface area contributed by atoms with Crippen LogP contribution in [0.2, 0.25) is 0 Å². The molecule has 7 nitrogen and oxygen atoms in total. The molecule has 3 rings (SSSR count). The molecule has 0 saturated heterocycles. The summed E-state index contributed by atoms with van der Waals surface area (Å²) in [6.07, 6.45) is -1.77. The van der Waals surface area contributed by atoms with Crippen LogP contribution in [-0.4, -0.2) is 21.8 Å². The first-order valence-corrected chi connectivity index (χ1v) is 12.8. The van der Waals surface area contributed by atoms with Crippen LogP contribution < -0.4 is 0 Å². The summed E-state index contributed by atoms with van der Waals surface area (Å²) in [7, 11) is -7.99. The molecule has 2 aromatic carbocycles. The van der Waals surface area contributed by atoms with Gasteiger partial charge in [-0.1, -0.05) is 41.5 Å². The monoisotopic (exact) mass is 475 g/mol. The van der Waals surface area contributed by atoms with Crippen LogP contribution in [0.3, 0.4) is 0 Å². The summed E-state index contributed by atoms with van der Waals surface area (Å²) < 4.78 is 60.9. The lowest BCUT2D eigenvalue weighted by atomic mass is 10.2. The van der Waals surface area contributed by atoms with E-state index in [9.17, 15) is 16.8 Å². The van der Waals surface area contributed by atoms with Gasteiger partial charge in [-0.05, 0) is 64.1 Å². The third-order valence-electron chi connectivity index (χ3n) is 4.79. The van der Waals surface area contributed by atoms with Crippen molar-refractivity contribution in [3.8, 4) is 0 Å². The number of nitrogens with zero attached hydrogens (tertiary/aromatic N) is 1. The molecule has 32 heavy (non-hydrogen) atoms. The number of benzene rings is 2. The maximum absolute atomic E-state index is 12.6. The lowest BCUT2D eigenvalue weighted by Crippen LogP contribution is -2.14. The summed E-state index contributed by atoms with van der Waals surface area (Å²) in [5.74, 6) is 0. The normalized spacial score (nSPS) is 14.1. The van der Waals surface area contributed by atoms with Gasteiger partial charge in [0.15, 0.2) is 0 Å². The van der Waals surface area contributed by atoms with Crippen molar-refractivity contribution in [2.24, 2.45) is 0 Å². The Morgan fingerprint density at radius 3 is 1.31 bits per heavy atom. The molecule has 0 radical (unpaired) electrons. The van der Waals surface area contributed by atoms with E-state index in [0.717, 1.165) is 11.1 Å². The van der Waals surface area contributed by atoms with Crippen LogP contribution in [0.25, 0.3) is 0 Å². The molecule has 0 spiro atoms. The average molecular weight is 476 g/mol. The van der Waals surface area contributed by atoms with E-state index in [1.54, 1.807) is 56.3 Å². The second-order valence-electron chi connectivity index (χ2n) is 7.50. The molecule has 170 valence electrons. The van der Waals surface area contributed by atoms with E-state index < -0.39 is 32.4 Å². The van der Waals surface area contributed by atoms with Crippen molar-refractivity contribution >= 4 is 20.2 Å². The highest BCUT2D eigenvalue weighted by molar-refractivity contribution is 7.87. The van der Waals surface area contributed by atoms with E-state index in [-0.39, 0.29) is 9.79 Å². The zero-order valence-corrected chi connectivity index (χ0v) is 19.9. The molecule has 0 saturated carbocycles. The molecular weight excluding hydrogens is 450 g/mol. The Bertz CT molecular complexity index is 1190. The topological polar surface area (TPSA) is 99.6 Å². The van der Waals surface area contributed by atoms with Crippen LogP contribution in [0, 0.1) is 13.8 Å². The van der Waals surface area contributed by atoms with Crippen LogP contribution in [0.5, 0.6) is 0 Å². The van der Waals surface area contributed by atoms with Crippen molar-refractivity contribution in [1.29, 1.82) is 0 Å². The highest BCUT2D eigenvalue weighted by atomic mass is 32.2. The Hall–Kier alpha value is -2.59. The van der Waals surface area contributed by atoms with Crippen molar-refractivity contribution < 1.29 is 25.2 Å². The van der Waals surface area contributed by atoms with Crippen molar-refractivity contribution in [3.05, 3.63) is 89.2 Å². The predicted molar refractivity (Wildman–Crippen MR) is 120 cm³/mol.